The van der Waals surface area contributed by atoms with E-state index >= 15 is 0 Å². The second kappa shape index (κ2) is 10.1. The molecule has 2 aromatic carbocycles. The van der Waals surface area contributed by atoms with Crippen molar-refractivity contribution in [2.24, 2.45) is 4.99 Å². The van der Waals surface area contributed by atoms with Gasteiger partial charge in [-0.25, -0.2) is 4.98 Å². The lowest BCUT2D eigenvalue weighted by atomic mass is 10.1. The van der Waals surface area contributed by atoms with Gasteiger partial charge in [0.1, 0.15) is 6.33 Å². The Labute approximate surface area is 175 Å². The fourth-order valence-electron chi connectivity index (χ4n) is 3.00. The Morgan fingerprint density at radius 3 is 2.23 bits per heavy atom. The number of aromatic amines is 1. The van der Waals surface area contributed by atoms with Crippen LogP contribution in [0.4, 0.5) is 0 Å². The molecule has 158 valence electrons. The highest BCUT2D eigenvalue weighted by atomic mass is 16.5. The van der Waals surface area contributed by atoms with Crippen molar-refractivity contribution in [3.05, 3.63) is 53.9 Å². The van der Waals surface area contributed by atoms with Gasteiger partial charge in [-0.05, 0) is 29.3 Å². The minimum atomic E-state index is 0.536. The molecule has 9 nitrogen and oxygen atoms in total. The van der Waals surface area contributed by atoms with E-state index in [2.05, 4.69) is 36.9 Å². The van der Waals surface area contributed by atoms with E-state index in [0.717, 1.165) is 22.5 Å². The molecule has 0 saturated heterocycles. The topological polar surface area (TPSA) is 106 Å². The third kappa shape index (κ3) is 4.99. The summed E-state index contributed by atoms with van der Waals surface area (Å²) in [6.07, 6.45) is 1.50. The minimum Gasteiger partial charge on any atom is -0.493 e. The standard InChI is InChI=1S/C21H26N6O3/c1-22-21(23-11-14-6-5-7-16(8-14)20-25-13-26-27-20)24-12-15-9-17(28-2)19(30-4)18(10-15)29-3/h5-10,13H,11-12H2,1-4H3,(H2,22,23,24)(H,25,26,27). The molecule has 0 amide bonds. The molecule has 0 saturated carbocycles. The van der Waals surface area contributed by atoms with Gasteiger partial charge in [0, 0.05) is 25.7 Å². The summed E-state index contributed by atoms with van der Waals surface area (Å²) in [5.41, 5.74) is 3.05. The Morgan fingerprint density at radius 2 is 1.67 bits per heavy atom. The zero-order chi connectivity index (χ0) is 21.3. The van der Waals surface area contributed by atoms with E-state index < -0.39 is 0 Å². The molecular formula is C21H26N6O3. The summed E-state index contributed by atoms with van der Waals surface area (Å²) in [5, 5.41) is 13.4. The van der Waals surface area contributed by atoms with Crippen LogP contribution in [0.2, 0.25) is 0 Å². The molecule has 1 aromatic heterocycles. The largest absolute Gasteiger partial charge is 0.493 e. The number of ether oxygens (including phenoxy) is 3. The molecule has 0 spiro atoms. The van der Waals surface area contributed by atoms with Crippen LogP contribution in [-0.4, -0.2) is 49.5 Å². The third-order valence-electron chi connectivity index (χ3n) is 4.48. The first-order valence-corrected chi connectivity index (χ1v) is 9.36. The highest BCUT2D eigenvalue weighted by Crippen LogP contribution is 2.38. The second-order valence-electron chi connectivity index (χ2n) is 6.35. The molecule has 9 heteroatoms. The van der Waals surface area contributed by atoms with E-state index in [1.807, 2.05) is 30.3 Å². The smallest absolute Gasteiger partial charge is 0.203 e. The van der Waals surface area contributed by atoms with Crippen molar-refractivity contribution in [1.82, 2.24) is 25.8 Å². The van der Waals surface area contributed by atoms with Crippen molar-refractivity contribution in [1.29, 1.82) is 0 Å². The van der Waals surface area contributed by atoms with Gasteiger partial charge in [-0.2, -0.15) is 5.10 Å². The molecule has 3 N–H and O–H groups in total. The number of nitrogens with one attached hydrogen (secondary N) is 3. The number of methoxy groups -OCH3 is 3. The SMILES string of the molecule is CN=C(NCc1cccc(-c2ncn[nH]2)c1)NCc1cc(OC)c(OC)c(OC)c1. The molecule has 30 heavy (non-hydrogen) atoms. The lowest BCUT2D eigenvalue weighted by Gasteiger charge is -2.16. The molecule has 0 radical (unpaired) electrons. The van der Waals surface area contributed by atoms with Crippen LogP contribution >= 0.6 is 0 Å². The summed E-state index contributed by atoms with van der Waals surface area (Å²) in [6.45, 7) is 1.14. The average Bonchev–Trinajstić information content (AvgIpc) is 3.33. The van der Waals surface area contributed by atoms with Gasteiger partial charge in [-0.15, -0.1) is 0 Å². The summed E-state index contributed by atoms with van der Waals surface area (Å²) in [4.78, 5) is 8.48. The van der Waals surface area contributed by atoms with Gasteiger partial charge in [0.05, 0.1) is 21.3 Å². The van der Waals surface area contributed by atoms with Crippen LogP contribution in [0.1, 0.15) is 11.1 Å². The third-order valence-corrected chi connectivity index (χ3v) is 4.48. The summed E-state index contributed by atoms with van der Waals surface area (Å²) in [7, 11) is 6.51. The van der Waals surface area contributed by atoms with Gasteiger partial charge in [0.15, 0.2) is 23.3 Å². The maximum atomic E-state index is 5.41. The number of aromatic nitrogens is 3. The summed E-state index contributed by atoms with van der Waals surface area (Å²) in [6, 6.07) is 11.9. The van der Waals surface area contributed by atoms with Crippen molar-refractivity contribution in [3.8, 4) is 28.6 Å². The molecule has 1 heterocycles. The minimum absolute atomic E-state index is 0.536. The Morgan fingerprint density at radius 1 is 0.967 bits per heavy atom. The predicted molar refractivity (Wildman–Crippen MR) is 115 cm³/mol. The summed E-state index contributed by atoms with van der Waals surface area (Å²) in [5.74, 6) is 3.20. The maximum absolute atomic E-state index is 5.41. The van der Waals surface area contributed by atoms with E-state index in [1.54, 1.807) is 28.4 Å². The molecule has 0 bridgehead atoms. The molecule has 0 aliphatic heterocycles. The van der Waals surface area contributed by atoms with E-state index in [0.29, 0.717) is 36.3 Å². The summed E-state index contributed by atoms with van der Waals surface area (Å²) >= 11 is 0. The molecule has 0 fully saturated rings. The number of hydrogen-bond acceptors (Lipinski definition) is 6. The van der Waals surface area contributed by atoms with Crippen LogP contribution in [0, 0.1) is 0 Å². The van der Waals surface area contributed by atoms with Crippen LogP contribution in [0.15, 0.2) is 47.7 Å². The Balaban J connectivity index is 1.63. The number of nitrogens with zero attached hydrogens (tertiary/aromatic N) is 3. The molecule has 3 aromatic rings. The number of guanidine groups is 1. The second-order valence-corrected chi connectivity index (χ2v) is 6.35. The first-order chi connectivity index (χ1) is 14.7. The molecule has 0 atom stereocenters. The maximum Gasteiger partial charge on any atom is 0.203 e. The monoisotopic (exact) mass is 410 g/mol. The number of H-pyrrole nitrogens is 1. The predicted octanol–water partition coefficient (Wildman–Crippen LogP) is 2.36. The van der Waals surface area contributed by atoms with E-state index in [9.17, 15) is 0 Å². The molecule has 0 aliphatic carbocycles. The molecule has 3 rings (SSSR count). The Bertz CT molecular complexity index is 963. The molecule has 0 unspecified atom stereocenters. The number of aliphatic imine (C=N–C) groups is 1. The highest BCUT2D eigenvalue weighted by Gasteiger charge is 2.13. The van der Waals surface area contributed by atoms with Crippen LogP contribution in [0.25, 0.3) is 11.4 Å². The number of rotatable bonds is 8. The lowest BCUT2D eigenvalue weighted by Crippen LogP contribution is -2.36. The van der Waals surface area contributed by atoms with Crippen molar-refractivity contribution in [2.75, 3.05) is 28.4 Å². The Kier molecular flexibility index (Phi) is 7.09. The van der Waals surface area contributed by atoms with E-state index in [1.165, 1.54) is 6.33 Å². The van der Waals surface area contributed by atoms with Gasteiger partial charge in [-0.3, -0.25) is 10.1 Å². The normalized spacial score (nSPS) is 11.1. The zero-order valence-corrected chi connectivity index (χ0v) is 17.5. The first kappa shape index (κ1) is 21.0. The lowest BCUT2D eigenvalue weighted by molar-refractivity contribution is 0.323. The number of hydrogen-bond donors (Lipinski definition) is 3. The van der Waals surface area contributed by atoms with Crippen LogP contribution < -0.4 is 24.8 Å². The quantitative estimate of drug-likeness (QED) is 0.387. The fourth-order valence-corrected chi connectivity index (χ4v) is 3.00. The molecule has 0 aliphatic rings. The van der Waals surface area contributed by atoms with Crippen molar-refractivity contribution >= 4 is 5.96 Å². The van der Waals surface area contributed by atoms with Gasteiger partial charge in [0.2, 0.25) is 5.75 Å². The van der Waals surface area contributed by atoms with Crippen molar-refractivity contribution in [2.45, 2.75) is 13.1 Å². The highest BCUT2D eigenvalue weighted by molar-refractivity contribution is 5.79. The van der Waals surface area contributed by atoms with Crippen molar-refractivity contribution < 1.29 is 14.2 Å². The van der Waals surface area contributed by atoms with Crippen LogP contribution in [0.5, 0.6) is 17.2 Å². The molecular weight excluding hydrogens is 384 g/mol. The van der Waals surface area contributed by atoms with Crippen LogP contribution in [0.3, 0.4) is 0 Å². The van der Waals surface area contributed by atoms with Crippen molar-refractivity contribution in [3.63, 3.8) is 0 Å². The zero-order valence-electron chi connectivity index (χ0n) is 17.5. The van der Waals surface area contributed by atoms with Gasteiger partial charge >= 0.3 is 0 Å². The fraction of sp³-hybridized carbons (Fsp3) is 0.286. The van der Waals surface area contributed by atoms with E-state index in [-0.39, 0.29) is 0 Å². The average molecular weight is 410 g/mol. The first-order valence-electron chi connectivity index (χ1n) is 9.36. The van der Waals surface area contributed by atoms with Gasteiger partial charge < -0.3 is 24.8 Å². The van der Waals surface area contributed by atoms with Gasteiger partial charge in [0.25, 0.3) is 0 Å². The van der Waals surface area contributed by atoms with E-state index in [4.69, 9.17) is 14.2 Å². The van der Waals surface area contributed by atoms with Crippen LogP contribution in [-0.2, 0) is 13.1 Å². The van der Waals surface area contributed by atoms with Gasteiger partial charge in [-0.1, -0.05) is 18.2 Å². The Hall–Kier alpha value is -3.75. The summed E-state index contributed by atoms with van der Waals surface area (Å²) < 4.78 is 16.2. The number of benzene rings is 2.